The third-order valence-electron chi connectivity index (χ3n) is 6.03. The van der Waals surface area contributed by atoms with Crippen LogP contribution in [0.5, 0.6) is 5.75 Å². The van der Waals surface area contributed by atoms with Crippen LogP contribution in [0.1, 0.15) is 17.0 Å². The topological polar surface area (TPSA) is 64.4 Å². The van der Waals surface area contributed by atoms with Gasteiger partial charge >= 0.3 is 0 Å². The zero-order valence-corrected chi connectivity index (χ0v) is 17.3. The van der Waals surface area contributed by atoms with Gasteiger partial charge in [-0.2, -0.15) is 5.10 Å². The highest BCUT2D eigenvalue weighted by atomic mass is 32.2. The molecule has 2 atom stereocenters. The SMILES string of the molecule is COc1cccc(CN2CC3c4cc(-c5cnn(C)c5)ccc4S(=O)(=O)C3C2)c1. The maximum atomic E-state index is 13.2. The second-order valence-corrected chi connectivity index (χ2v) is 10.0. The fraction of sp³-hybridized carbons (Fsp3) is 0.318. The monoisotopic (exact) mass is 409 g/mol. The summed E-state index contributed by atoms with van der Waals surface area (Å²) in [5.41, 5.74) is 4.09. The van der Waals surface area contributed by atoms with Gasteiger partial charge in [-0.3, -0.25) is 9.58 Å². The van der Waals surface area contributed by atoms with Gasteiger partial charge in [0.15, 0.2) is 9.84 Å². The van der Waals surface area contributed by atoms with Crippen LogP contribution in [0.15, 0.2) is 59.8 Å². The molecular formula is C22H23N3O3S. The van der Waals surface area contributed by atoms with E-state index >= 15 is 0 Å². The average Bonchev–Trinajstić information content (AvgIpc) is 3.38. The van der Waals surface area contributed by atoms with E-state index in [1.807, 2.05) is 49.8 Å². The number of ether oxygens (including phenoxy) is 1. The lowest BCUT2D eigenvalue weighted by atomic mass is 9.95. The summed E-state index contributed by atoms with van der Waals surface area (Å²) in [4.78, 5) is 2.74. The van der Waals surface area contributed by atoms with E-state index in [0.717, 1.165) is 41.1 Å². The molecule has 1 aromatic heterocycles. The highest BCUT2D eigenvalue weighted by Gasteiger charge is 2.50. The number of aryl methyl sites for hydroxylation is 1. The first-order valence-corrected chi connectivity index (χ1v) is 11.2. The normalized spacial score (nSPS) is 22.4. The van der Waals surface area contributed by atoms with Crippen LogP contribution in [0.3, 0.4) is 0 Å². The van der Waals surface area contributed by atoms with Crippen molar-refractivity contribution in [2.75, 3.05) is 20.2 Å². The van der Waals surface area contributed by atoms with Crippen molar-refractivity contribution in [3.63, 3.8) is 0 Å². The Hall–Kier alpha value is -2.64. The molecule has 0 N–H and O–H groups in total. The molecule has 0 radical (unpaired) electrons. The maximum Gasteiger partial charge on any atom is 0.183 e. The molecule has 3 aromatic rings. The van der Waals surface area contributed by atoms with E-state index in [4.69, 9.17) is 4.74 Å². The van der Waals surface area contributed by atoms with Gasteiger partial charge in [0.1, 0.15) is 5.75 Å². The van der Waals surface area contributed by atoms with Gasteiger partial charge in [-0.15, -0.1) is 0 Å². The number of hydrogen-bond donors (Lipinski definition) is 0. The van der Waals surface area contributed by atoms with E-state index in [1.165, 1.54) is 0 Å². The maximum absolute atomic E-state index is 13.2. The van der Waals surface area contributed by atoms with Gasteiger partial charge in [-0.1, -0.05) is 18.2 Å². The number of hydrogen-bond acceptors (Lipinski definition) is 5. The largest absolute Gasteiger partial charge is 0.497 e. The van der Waals surface area contributed by atoms with E-state index in [9.17, 15) is 8.42 Å². The molecule has 3 heterocycles. The number of nitrogens with zero attached hydrogens (tertiary/aromatic N) is 3. The first-order chi connectivity index (χ1) is 14.0. The lowest BCUT2D eigenvalue weighted by Gasteiger charge is -2.18. The van der Waals surface area contributed by atoms with Crippen molar-refractivity contribution in [1.82, 2.24) is 14.7 Å². The predicted octanol–water partition coefficient (Wildman–Crippen LogP) is 2.85. The van der Waals surface area contributed by atoms with Gasteiger partial charge in [-0.25, -0.2) is 8.42 Å². The number of aromatic nitrogens is 2. The average molecular weight is 410 g/mol. The molecule has 2 aliphatic heterocycles. The zero-order chi connectivity index (χ0) is 20.2. The Kier molecular flexibility index (Phi) is 4.26. The molecule has 6 nitrogen and oxygen atoms in total. The Bertz CT molecular complexity index is 1190. The number of sulfone groups is 1. The van der Waals surface area contributed by atoms with Crippen LogP contribution in [0.2, 0.25) is 0 Å². The molecule has 0 saturated carbocycles. The number of benzene rings is 2. The van der Waals surface area contributed by atoms with E-state index in [-0.39, 0.29) is 11.2 Å². The number of fused-ring (bicyclic) bond motifs is 3. The minimum atomic E-state index is -3.30. The third kappa shape index (κ3) is 3.05. The highest BCUT2D eigenvalue weighted by Crippen LogP contribution is 2.46. The molecule has 0 bridgehead atoms. The van der Waals surface area contributed by atoms with Gasteiger partial charge < -0.3 is 4.74 Å². The van der Waals surface area contributed by atoms with Crippen molar-refractivity contribution < 1.29 is 13.2 Å². The van der Waals surface area contributed by atoms with Gasteiger partial charge in [0.2, 0.25) is 0 Å². The lowest BCUT2D eigenvalue weighted by Crippen LogP contribution is -2.25. The Morgan fingerprint density at radius 3 is 2.76 bits per heavy atom. The van der Waals surface area contributed by atoms with Crippen molar-refractivity contribution in [3.05, 3.63) is 66.0 Å². The standard InChI is InChI=1S/C22H23N3O3S/c1-24-12-17(10-23-24)16-6-7-21-19(9-16)20-13-25(14-22(20)29(21,26)27)11-15-4-3-5-18(8-15)28-2/h3-10,12,20,22H,11,13-14H2,1-2H3. The highest BCUT2D eigenvalue weighted by molar-refractivity contribution is 7.92. The molecule has 1 saturated heterocycles. The number of rotatable bonds is 4. The van der Waals surface area contributed by atoms with Crippen molar-refractivity contribution in [3.8, 4) is 16.9 Å². The minimum absolute atomic E-state index is 0.0113. The van der Waals surface area contributed by atoms with E-state index in [0.29, 0.717) is 11.4 Å². The molecular weight excluding hydrogens is 386 g/mol. The Morgan fingerprint density at radius 1 is 1.14 bits per heavy atom. The second kappa shape index (κ2) is 6.71. The quantitative estimate of drug-likeness (QED) is 0.663. The second-order valence-electron chi connectivity index (χ2n) is 7.89. The van der Waals surface area contributed by atoms with E-state index < -0.39 is 9.84 Å². The molecule has 1 fully saturated rings. The molecule has 0 amide bonds. The van der Waals surface area contributed by atoms with Gasteiger partial charge in [0.25, 0.3) is 0 Å². The smallest absolute Gasteiger partial charge is 0.183 e. The van der Waals surface area contributed by atoms with Crippen LogP contribution in [0.4, 0.5) is 0 Å². The summed E-state index contributed by atoms with van der Waals surface area (Å²) >= 11 is 0. The fourth-order valence-corrected chi connectivity index (χ4v) is 6.83. The molecule has 29 heavy (non-hydrogen) atoms. The molecule has 2 aromatic carbocycles. The summed E-state index contributed by atoms with van der Waals surface area (Å²) in [5, 5.41) is 3.87. The van der Waals surface area contributed by atoms with E-state index in [2.05, 4.69) is 16.1 Å². The summed E-state index contributed by atoms with van der Waals surface area (Å²) in [5.74, 6) is 0.832. The summed E-state index contributed by atoms with van der Waals surface area (Å²) < 4.78 is 33.4. The summed E-state index contributed by atoms with van der Waals surface area (Å²) in [7, 11) is 0.233. The summed E-state index contributed by atoms with van der Waals surface area (Å²) in [6, 6.07) is 13.7. The molecule has 150 valence electrons. The fourth-order valence-electron chi connectivity index (χ4n) is 4.63. The van der Waals surface area contributed by atoms with E-state index in [1.54, 1.807) is 17.9 Å². The van der Waals surface area contributed by atoms with Crippen LogP contribution in [-0.4, -0.2) is 48.5 Å². The van der Waals surface area contributed by atoms with Crippen LogP contribution < -0.4 is 4.74 Å². The molecule has 5 rings (SSSR count). The molecule has 0 aliphatic carbocycles. The summed E-state index contributed by atoms with van der Waals surface area (Å²) in [6.45, 7) is 2.02. The van der Waals surface area contributed by atoms with Crippen molar-refractivity contribution >= 4 is 9.84 Å². The van der Waals surface area contributed by atoms with Crippen LogP contribution >= 0.6 is 0 Å². The van der Waals surface area contributed by atoms with Gasteiger partial charge in [0.05, 0.1) is 23.5 Å². The first kappa shape index (κ1) is 18.4. The Morgan fingerprint density at radius 2 is 2.00 bits per heavy atom. The third-order valence-corrected chi connectivity index (χ3v) is 8.29. The summed E-state index contributed by atoms with van der Waals surface area (Å²) in [6.07, 6.45) is 3.76. The number of methoxy groups -OCH3 is 1. The van der Waals surface area contributed by atoms with Crippen LogP contribution in [0, 0.1) is 0 Å². The van der Waals surface area contributed by atoms with Gasteiger partial charge in [0, 0.05) is 44.4 Å². The zero-order valence-electron chi connectivity index (χ0n) is 16.4. The Balaban J connectivity index is 1.45. The molecule has 2 unspecified atom stereocenters. The van der Waals surface area contributed by atoms with Crippen LogP contribution in [-0.2, 0) is 23.4 Å². The van der Waals surface area contributed by atoms with Crippen molar-refractivity contribution in [2.24, 2.45) is 7.05 Å². The van der Waals surface area contributed by atoms with Crippen molar-refractivity contribution in [2.45, 2.75) is 22.6 Å². The predicted molar refractivity (Wildman–Crippen MR) is 111 cm³/mol. The Labute approximate surface area is 170 Å². The van der Waals surface area contributed by atoms with Crippen LogP contribution in [0.25, 0.3) is 11.1 Å². The molecule has 7 heteroatoms. The molecule has 0 spiro atoms. The lowest BCUT2D eigenvalue weighted by molar-refractivity contribution is 0.324. The number of likely N-dealkylation sites (tertiary alicyclic amines) is 1. The first-order valence-electron chi connectivity index (χ1n) is 9.68. The van der Waals surface area contributed by atoms with Gasteiger partial charge in [-0.05, 0) is 41.0 Å². The minimum Gasteiger partial charge on any atom is -0.497 e. The van der Waals surface area contributed by atoms with Crippen molar-refractivity contribution in [1.29, 1.82) is 0 Å². The molecule has 2 aliphatic rings.